The summed E-state index contributed by atoms with van der Waals surface area (Å²) in [6, 6.07) is 25.9. The highest BCUT2D eigenvalue weighted by molar-refractivity contribution is 7.92. The molecule has 0 saturated carbocycles. The summed E-state index contributed by atoms with van der Waals surface area (Å²) in [6.45, 7) is 3.15. The number of carbonyl (C=O) groups is 2. The number of benzene rings is 4. The van der Waals surface area contributed by atoms with Gasteiger partial charge in [0.15, 0.2) is 0 Å². The molecule has 2 amide bonds. The summed E-state index contributed by atoms with van der Waals surface area (Å²) in [5.41, 5.74) is 1.58. The molecule has 0 aliphatic rings. The van der Waals surface area contributed by atoms with E-state index in [2.05, 4.69) is 5.32 Å². The molecule has 4 aromatic carbocycles. The van der Waals surface area contributed by atoms with E-state index in [9.17, 15) is 22.4 Å². The minimum atomic E-state index is -4.34. The zero-order valence-electron chi connectivity index (χ0n) is 26.9. The van der Waals surface area contributed by atoms with Crippen LogP contribution in [0.15, 0.2) is 108 Å². The molecule has 0 aromatic heterocycles. The van der Waals surface area contributed by atoms with Crippen LogP contribution in [0.4, 0.5) is 10.1 Å². The first-order chi connectivity index (χ1) is 22.5. The van der Waals surface area contributed by atoms with E-state index in [4.69, 9.17) is 9.47 Å². The van der Waals surface area contributed by atoms with E-state index in [1.54, 1.807) is 24.3 Å². The molecule has 0 saturated heterocycles. The first-order valence-corrected chi connectivity index (χ1v) is 16.7. The van der Waals surface area contributed by atoms with Gasteiger partial charge in [-0.3, -0.25) is 13.9 Å². The minimum Gasteiger partial charge on any atom is -0.497 e. The second-order valence-electron chi connectivity index (χ2n) is 11.1. The van der Waals surface area contributed by atoms with E-state index in [1.165, 1.54) is 55.5 Å². The molecule has 248 valence electrons. The van der Waals surface area contributed by atoms with Crippen molar-refractivity contribution in [2.75, 3.05) is 25.1 Å². The number of sulfonamides is 1. The molecule has 0 bridgehead atoms. The lowest BCUT2D eigenvalue weighted by atomic mass is 10.0. The zero-order valence-corrected chi connectivity index (χ0v) is 27.7. The number of hydrogen-bond donors (Lipinski definition) is 1. The molecule has 9 nitrogen and oxygen atoms in total. The highest BCUT2D eigenvalue weighted by atomic mass is 32.2. The van der Waals surface area contributed by atoms with Crippen molar-refractivity contribution in [3.63, 3.8) is 0 Å². The predicted molar refractivity (Wildman–Crippen MR) is 179 cm³/mol. The molecule has 4 aromatic rings. The number of amides is 2. The van der Waals surface area contributed by atoms with Crippen molar-refractivity contribution in [2.45, 2.75) is 50.2 Å². The van der Waals surface area contributed by atoms with Gasteiger partial charge in [-0.1, -0.05) is 49.4 Å². The average Bonchev–Trinajstić information content (AvgIpc) is 3.09. The molecular weight excluding hydrogens is 621 g/mol. The number of rotatable bonds is 15. The summed E-state index contributed by atoms with van der Waals surface area (Å²) >= 11 is 0. The number of nitrogens with one attached hydrogen (secondary N) is 1. The Morgan fingerprint density at radius 1 is 0.830 bits per heavy atom. The number of nitrogens with zero attached hydrogens (tertiary/aromatic N) is 2. The zero-order chi connectivity index (χ0) is 34.0. The van der Waals surface area contributed by atoms with Gasteiger partial charge in [0, 0.05) is 19.0 Å². The fourth-order valence-electron chi connectivity index (χ4n) is 4.97. The third kappa shape index (κ3) is 9.10. The van der Waals surface area contributed by atoms with Crippen molar-refractivity contribution >= 4 is 27.5 Å². The number of methoxy groups -OCH3 is 2. The highest BCUT2D eigenvalue weighted by Crippen LogP contribution is 2.27. The van der Waals surface area contributed by atoms with Crippen LogP contribution in [0.3, 0.4) is 0 Å². The molecular formula is C36H40FN3O6S. The Morgan fingerprint density at radius 3 is 2.09 bits per heavy atom. The van der Waals surface area contributed by atoms with Crippen molar-refractivity contribution < 1.29 is 31.9 Å². The first kappa shape index (κ1) is 35.0. The monoisotopic (exact) mass is 661 g/mol. The van der Waals surface area contributed by atoms with Crippen LogP contribution in [0.2, 0.25) is 0 Å². The van der Waals surface area contributed by atoms with Crippen LogP contribution in [-0.4, -0.2) is 58.0 Å². The smallest absolute Gasteiger partial charge is 0.264 e. The number of anilines is 1. The van der Waals surface area contributed by atoms with Crippen molar-refractivity contribution in [2.24, 2.45) is 0 Å². The van der Waals surface area contributed by atoms with Crippen LogP contribution in [0.1, 0.15) is 31.4 Å². The Balaban J connectivity index is 1.81. The van der Waals surface area contributed by atoms with Gasteiger partial charge in [0.2, 0.25) is 11.8 Å². The second-order valence-corrected chi connectivity index (χ2v) is 12.9. The Morgan fingerprint density at radius 2 is 1.47 bits per heavy atom. The van der Waals surface area contributed by atoms with Crippen LogP contribution >= 0.6 is 0 Å². The molecule has 0 fully saturated rings. The second kappa shape index (κ2) is 16.1. The molecule has 1 N–H and O–H groups in total. The van der Waals surface area contributed by atoms with E-state index in [0.717, 1.165) is 22.0 Å². The fraction of sp³-hybridized carbons (Fsp3) is 0.278. The van der Waals surface area contributed by atoms with Crippen LogP contribution in [0.25, 0.3) is 0 Å². The fourth-order valence-corrected chi connectivity index (χ4v) is 6.39. The summed E-state index contributed by atoms with van der Waals surface area (Å²) in [5, 5.41) is 3.01. The van der Waals surface area contributed by atoms with Crippen LogP contribution in [-0.2, 0) is 32.6 Å². The predicted octanol–water partition coefficient (Wildman–Crippen LogP) is 5.59. The molecule has 0 aliphatic heterocycles. The van der Waals surface area contributed by atoms with E-state index < -0.39 is 34.3 Å². The van der Waals surface area contributed by atoms with E-state index >= 15 is 0 Å². The lowest BCUT2D eigenvalue weighted by molar-refractivity contribution is -0.140. The van der Waals surface area contributed by atoms with Gasteiger partial charge in [-0.25, -0.2) is 12.8 Å². The van der Waals surface area contributed by atoms with Crippen LogP contribution < -0.4 is 19.1 Å². The number of halogens is 1. The Hall–Kier alpha value is -4.90. The van der Waals surface area contributed by atoms with E-state index in [0.29, 0.717) is 23.5 Å². The standard InChI is InChI=1S/C36H40FN3O6S/c1-5-26(2)38-36(42)34(23-27-10-7-6-8-11-27)39(24-28-12-9-13-32(22-28)46-4)35(41)25-40(30-16-14-29(37)15-17-30)47(43,44)33-20-18-31(45-3)19-21-33/h6-22,26,34H,5,23-25H2,1-4H3,(H,38,42)/t26-,34-/m1/s1. The lowest BCUT2D eigenvalue weighted by Crippen LogP contribution is -2.54. The SMILES string of the molecule is CC[C@@H](C)NC(=O)[C@@H](Cc1ccccc1)N(Cc1cccc(OC)c1)C(=O)CN(c1ccc(F)cc1)S(=O)(=O)c1ccc(OC)cc1. The van der Waals surface area contributed by atoms with Gasteiger partial charge < -0.3 is 19.7 Å². The third-order valence-corrected chi connectivity index (χ3v) is 9.59. The molecule has 2 atom stereocenters. The summed E-state index contributed by atoms with van der Waals surface area (Å²) in [4.78, 5) is 29.8. The normalized spacial score (nSPS) is 12.4. The van der Waals surface area contributed by atoms with Gasteiger partial charge in [0.1, 0.15) is 29.9 Å². The largest absolute Gasteiger partial charge is 0.497 e. The summed E-state index contributed by atoms with van der Waals surface area (Å²) < 4.78 is 53.7. The quantitative estimate of drug-likeness (QED) is 0.178. The number of hydrogen-bond acceptors (Lipinski definition) is 6. The van der Waals surface area contributed by atoms with Crippen molar-refractivity contribution in [1.82, 2.24) is 10.2 Å². The van der Waals surface area contributed by atoms with Gasteiger partial charge in [0.05, 0.1) is 24.8 Å². The lowest BCUT2D eigenvalue weighted by Gasteiger charge is -2.34. The molecule has 0 heterocycles. The molecule has 47 heavy (non-hydrogen) atoms. The molecule has 11 heteroatoms. The maximum Gasteiger partial charge on any atom is 0.264 e. The highest BCUT2D eigenvalue weighted by Gasteiger charge is 2.35. The maximum absolute atomic E-state index is 14.5. The maximum atomic E-state index is 14.5. The summed E-state index contributed by atoms with van der Waals surface area (Å²) in [6.07, 6.45) is 0.854. The molecule has 0 radical (unpaired) electrons. The van der Waals surface area contributed by atoms with Gasteiger partial charge in [-0.2, -0.15) is 0 Å². The van der Waals surface area contributed by atoms with Crippen molar-refractivity contribution in [3.05, 3.63) is 120 Å². The van der Waals surface area contributed by atoms with Gasteiger partial charge in [0.25, 0.3) is 10.0 Å². The van der Waals surface area contributed by atoms with Crippen molar-refractivity contribution in [1.29, 1.82) is 0 Å². The van der Waals surface area contributed by atoms with E-state index in [1.807, 2.05) is 44.2 Å². The van der Waals surface area contributed by atoms with Gasteiger partial charge >= 0.3 is 0 Å². The number of ether oxygens (including phenoxy) is 2. The Kier molecular flexibility index (Phi) is 12.0. The number of carbonyl (C=O) groups excluding carboxylic acids is 2. The minimum absolute atomic E-state index is 0.0126. The molecule has 0 spiro atoms. The van der Waals surface area contributed by atoms with E-state index in [-0.39, 0.29) is 35.5 Å². The van der Waals surface area contributed by atoms with Crippen molar-refractivity contribution in [3.8, 4) is 11.5 Å². The third-order valence-electron chi connectivity index (χ3n) is 7.80. The Bertz CT molecular complexity index is 1740. The molecule has 0 unspecified atom stereocenters. The van der Waals surface area contributed by atoms with Crippen LogP contribution in [0, 0.1) is 5.82 Å². The van der Waals surface area contributed by atoms with Gasteiger partial charge in [-0.05, 0) is 85.1 Å². The average molecular weight is 662 g/mol. The van der Waals surface area contributed by atoms with Crippen LogP contribution in [0.5, 0.6) is 11.5 Å². The Labute approximate surface area is 276 Å². The summed E-state index contributed by atoms with van der Waals surface area (Å²) in [5.74, 6) is -0.547. The topological polar surface area (TPSA) is 105 Å². The summed E-state index contributed by atoms with van der Waals surface area (Å²) in [7, 11) is -1.35. The molecule has 0 aliphatic carbocycles. The molecule has 4 rings (SSSR count). The first-order valence-electron chi connectivity index (χ1n) is 15.2. The van der Waals surface area contributed by atoms with Gasteiger partial charge in [-0.15, -0.1) is 0 Å².